The summed E-state index contributed by atoms with van der Waals surface area (Å²) in [6.07, 6.45) is 2.94. The van der Waals surface area contributed by atoms with E-state index >= 15 is 0 Å². The number of carbonyl (C=O) groups excluding carboxylic acids is 3. The molecule has 0 spiro atoms. The number of carbonyl (C=O) groups is 3. The van der Waals surface area contributed by atoms with Gasteiger partial charge in [0.2, 0.25) is 17.7 Å². The van der Waals surface area contributed by atoms with Gasteiger partial charge in [-0.25, -0.2) is 4.79 Å². The molecule has 3 amide bonds. The molecule has 0 saturated heterocycles. The zero-order chi connectivity index (χ0) is 36.1. The van der Waals surface area contributed by atoms with Gasteiger partial charge >= 0.3 is 6.09 Å². The van der Waals surface area contributed by atoms with Gasteiger partial charge in [0.1, 0.15) is 17.7 Å². The van der Waals surface area contributed by atoms with Crippen LogP contribution in [0.4, 0.5) is 4.79 Å². The van der Waals surface area contributed by atoms with Gasteiger partial charge < -0.3 is 24.8 Å². The molecular formula is C40H45N5O5. The topological polar surface area (TPSA) is 127 Å². The lowest BCUT2D eigenvalue weighted by Gasteiger charge is -2.30. The second kappa shape index (κ2) is 14.9. The lowest BCUT2D eigenvalue weighted by Crippen LogP contribution is -2.49. The van der Waals surface area contributed by atoms with Crippen molar-refractivity contribution in [1.29, 1.82) is 0 Å². The number of rotatable bonds is 11. The van der Waals surface area contributed by atoms with E-state index in [1.807, 2.05) is 66.7 Å². The summed E-state index contributed by atoms with van der Waals surface area (Å²) in [5.41, 5.74) is 0.290. The highest BCUT2D eigenvalue weighted by Crippen LogP contribution is 2.27. The second-order valence-corrected chi connectivity index (χ2v) is 14.2. The highest BCUT2D eigenvalue weighted by Gasteiger charge is 2.33. The van der Waals surface area contributed by atoms with Crippen LogP contribution in [0.3, 0.4) is 0 Å². The summed E-state index contributed by atoms with van der Waals surface area (Å²) in [7, 11) is 1.69. The van der Waals surface area contributed by atoms with Crippen LogP contribution in [0.25, 0.3) is 21.5 Å². The number of nitrogens with one attached hydrogen (secondary N) is 2. The number of amides is 3. The van der Waals surface area contributed by atoms with E-state index in [4.69, 9.17) is 9.26 Å². The van der Waals surface area contributed by atoms with Gasteiger partial charge in [-0.3, -0.25) is 9.59 Å². The van der Waals surface area contributed by atoms with Crippen molar-refractivity contribution < 1.29 is 23.6 Å². The second-order valence-electron chi connectivity index (χ2n) is 14.2. The number of benzene rings is 4. The zero-order valence-electron chi connectivity index (χ0n) is 29.7. The van der Waals surface area contributed by atoms with Crippen LogP contribution < -0.4 is 10.6 Å². The molecule has 5 rings (SSSR count). The Hall–Kier alpha value is -5.51. The van der Waals surface area contributed by atoms with Gasteiger partial charge in [-0.1, -0.05) is 96.2 Å². The van der Waals surface area contributed by atoms with Gasteiger partial charge in [0.25, 0.3) is 0 Å². The maximum absolute atomic E-state index is 14.5. The number of alkyl carbamates (subject to hydrolysis) is 1. The van der Waals surface area contributed by atoms with Crippen LogP contribution in [0.15, 0.2) is 102 Å². The number of hydrogen-bond acceptors (Lipinski definition) is 7. The predicted octanol–water partition coefficient (Wildman–Crippen LogP) is 7.01. The third-order valence-corrected chi connectivity index (χ3v) is 8.23. The summed E-state index contributed by atoms with van der Waals surface area (Å²) < 4.78 is 11.0. The number of aromatic nitrogens is 2. The Labute approximate surface area is 292 Å². The van der Waals surface area contributed by atoms with Gasteiger partial charge in [0, 0.05) is 26.0 Å². The lowest BCUT2D eigenvalue weighted by atomic mass is 9.98. The van der Waals surface area contributed by atoms with Crippen molar-refractivity contribution in [2.24, 2.45) is 0 Å². The van der Waals surface area contributed by atoms with E-state index in [0.717, 1.165) is 32.7 Å². The van der Waals surface area contributed by atoms with Gasteiger partial charge in [-0.15, -0.1) is 0 Å². The first-order valence-electron chi connectivity index (χ1n) is 16.7. The van der Waals surface area contributed by atoms with Crippen LogP contribution in [-0.2, 0) is 27.2 Å². The molecule has 1 aromatic heterocycles. The average Bonchev–Trinajstić information content (AvgIpc) is 3.49. The summed E-state index contributed by atoms with van der Waals surface area (Å²) in [5, 5.41) is 14.0. The summed E-state index contributed by atoms with van der Waals surface area (Å²) in [6, 6.07) is 26.7. The molecule has 2 N–H and O–H groups in total. The molecular weight excluding hydrogens is 630 g/mol. The molecule has 0 aliphatic rings. The average molecular weight is 676 g/mol. The van der Waals surface area contributed by atoms with Crippen molar-refractivity contribution in [1.82, 2.24) is 25.7 Å². The molecule has 0 aliphatic heterocycles. The monoisotopic (exact) mass is 675 g/mol. The summed E-state index contributed by atoms with van der Waals surface area (Å²) in [6.45, 7) is 10.6. The highest BCUT2D eigenvalue weighted by atomic mass is 16.6. The first kappa shape index (κ1) is 35.8. The van der Waals surface area contributed by atoms with Crippen molar-refractivity contribution in [2.45, 2.75) is 77.6 Å². The van der Waals surface area contributed by atoms with Gasteiger partial charge in [0.05, 0.1) is 5.54 Å². The molecule has 260 valence electrons. The summed E-state index contributed by atoms with van der Waals surface area (Å²) >= 11 is 0. The van der Waals surface area contributed by atoms with Crippen LogP contribution in [0.1, 0.15) is 63.5 Å². The minimum Gasteiger partial charge on any atom is -0.444 e. The largest absolute Gasteiger partial charge is 0.444 e. The molecule has 0 unspecified atom stereocenters. The number of ether oxygens (including phenoxy) is 1. The molecule has 0 saturated carbocycles. The van der Waals surface area contributed by atoms with Gasteiger partial charge in [-0.2, -0.15) is 4.98 Å². The quantitative estimate of drug-likeness (QED) is 0.144. The first-order chi connectivity index (χ1) is 23.7. The van der Waals surface area contributed by atoms with Crippen molar-refractivity contribution in [2.75, 3.05) is 7.05 Å². The van der Waals surface area contributed by atoms with Crippen LogP contribution >= 0.6 is 0 Å². The molecule has 4 aromatic carbocycles. The standard InChI is InChI=1S/C40H45N5O5/c1-26-41-36(50-44-26)34(25-28-17-19-30-13-9-11-15-32(30)23-28)45(7)37(47)33(24-27-16-18-29-12-8-10-14-31(29)22-27)42-35(46)20-21-40(5,6)43-38(48)49-39(2,3)4/h8-23,33-34H,24-25H2,1-7H3,(H,42,46)(H,43,48)/t33-,34-/m1/s1. The normalized spacial score (nSPS) is 13.3. The number of aryl methyl sites for hydroxylation is 1. The van der Waals surface area contributed by atoms with Gasteiger partial charge in [-0.05, 0) is 74.2 Å². The predicted molar refractivity (Wildman–Crippen MR) is 194 cm³/mol. The summed E-state index contributed by atoms with van der Waals surface area (Å²) in [5.74, 6) is -0.0562. The minimum absolute atomic E-state index is 0.235. The maximum Gasteiger partial charge on any atom is 0.408 e. The Balaban J connectivity index is 1.42. The van der Waals surface area contributed by atoms with Crippen LogP contribution in [0.5, 0.6) is 0 Å². The first-order valence-corrected chi connectivity index (χ1v) is 16.7. The fraction of sp³-hybridized carbons (Fsp3) is 0.325. The Bertz CT molecular complexity index is 2030. The molecule has 10 heteroatoms. The smallest absolute Gasteiger partial charge is 0.408 e. The van der Waals surface area contributed by atoms with E-state index in [-0.39, 0.29) is 12.3 Å². The molecule has 0 aliphatic carbocycles. The number of nitrogens with zero attached hydrogens (tertiary/aromatic N) is 3. The Morgan fingerprint density at radius 3 is 1.94 bits per heavy atom. The van der Waals surface area contributed by atoms with E-state index < -0.39 is 35.2 Å². The Morgan fingerprint density at radius 1 is 0.840 bits per heavy atom. The molecule has 5 aromatic rings. The Morgan fingerprint density at radius 2 is 1.40 bits per heavy atom. The maximum atomic E-state index is 14.5. The van der Waals surface area contributed by atoms with Crippen molar-refractivity contribution in [3.05, 3.63) is 120 Å². The molecule has 0 fully saturated rings. The fourth-order valence-electron chi connectivity index (χ4n) is 5.74. The number of hydrogen-bond donors (Lipinski definition) is 2. The molecule has 10 nitrogen and oxygen atoms in total. The fourth-order valence-corrected chi connectivity index (χ4v) is 5.74. The van der Waals surface area contributed by atoms with Crippen LogP contribution in [0, 0.1) is 6.92 Å². The highest BCUT2D eigenvalue weighted by molar-refractivity contribution is 5.93. The zero-order valence-corrected chi connectivity index (χ0v) is 29.7. The SMILES string of the molecule is Cc1noc([C@@H](Cc2ccc3ccccc3c2)N(C)C(=O)[C@@H](Cc2ccc3ccccc3c2)NC(=O)C=CC(C)(C)NC(=O)OC(C)(C)C)n1. The van der Waals surface area contributed by atoms with Crippen LogP contribution in [0.2, 0.25) is 0 Å². The van der Waals surface area contributed by atoms with E-state index in [0.29, 0.717) is 18.1 Å². The van der Waals surface area contributed by atoms with Gasteiger partial charge in [0.15, 0.2) is 5.82 Å². The van der Waals surface area contributed by atoms with Crippen LogP contribution in [-0.4, -0.2) is 57.2 Å². The minimum atomic E-state index is -0.941. The van der Waals surface area contributed by atoms with Crippen molar-refractivity contribution in [3.8, 4) is 0 Å². The van der Waals surface area contributed by atoms with Crippen molar-refractivity contribution in [3.63, 3.8) is 0 Å². The van der Waals surface area contributed by atoms with E-state index in [1.54, 1.807) is 59.6 Å². The molecule has 0 bridgehead atoms. The number of fused-ring (bicyclic) bond motifs is 2. The molecule has 1 heterocycles. The third-order valence-electron chi connectivity index (χ3n) is 8.23. The third kappa shape index (κ3) is 9.56. The summed E-state index contributed by atoms with van der Waals surface area (Å²) in [4.78, 5) is 46.4. The molecule has 0 radical (unpaired) electrons. The molecule has 50 heavy (non-hydrogen) atoms. The Kier molecular flexibility index (Phi) is 10.7. The molecule has 2 atom stereocenters. The van der Waals surface area contributed by atoms with E-state index in [2.05, 4.69) is 39.0 Å². The number of likely N-dealkylation sites (N-methyl/N-ethyl adjacent to an activating group) is 1. The van der Waals surface area contributed by atoms with Crippen molar-refractivity contribution >= 4 is 39.5 Å². The van der Waals surface area contributed by atoms with E-state index in [9.17, 15) is 14.4 Å². The lowest BCUT2D eigenvalue weighted by molar-refractivity contribution is -0.137. The van der Waals surface area contributed by atoms with E-state index in [1.165, 1.54) is 6.08 Å².